The number of hydrogen-bond donors (Lipinski definition) is 1. The van der Waals surface area contributed by atoms with Crippen LogP contribution in [-0.2, 0) is 18.1 Å². The Bertz CT molecular complexity index is 499. The highest BCUT2D eigenvalue weighted by Crippen LogP contribution is 2.19. The van der Waals surface area contributed by atoms with Gasteiger partial charge in [-0.3, -0.25) is 0 Å². The summed E-state index contributed by atoms with van der Waals surface area (Å²) in [6.07, 6.45) is 0. The highest BCUT2D eigenvalue weighted by atomic mass is 32.2. The molecule has 2 aromatic rings. The van der Waals surface area contributed by atoms with Gasteiger partial charge in [0.2, 0.25) is 0 Å². The van der Waals surface area contributed by atoms with Gasteiger partial charge in [0.25, 0.3) is 0 Å². The summed E-state index contributed by atoms with van der Waals surface area (Å²) in [4.78, 5) is 0. The second kappa shape index (κ2) is 6.57. The van der Waals surface area contributed by atoms with Gasteiger partial charge in [-0.1, -0.05) is 36.4 Å². The molecule has 0 aliphatic heterocycles. The Morgan fingerprint density at radius 1 is 0.889 bits per heavy atom. The quantitative estimate of drug-likeness (QED) is 0.887. The number of benzene rings is 2. The van der Waals surface area contributed by atoms with Crippen molar-refractivity contribution in [3.8, 4) is 0 Å². The highest BCUT2D eigenvalue weighted by molar-refractivity contribution is 7.97. The maximum absolute atomic E-state index is 13.3. The molecule has 0 aliphatic rings. The van der Waals surface area contributed by atoms with E-state index in [1.54, 1.807) is 17.8 Å². The van der Waals surface area contributed by atoms with E-state index in [2.05, 4.69) is 12.1 Å². The maximum atomic E-state index is 13.3. The first-order valence-corrected chi connectivity index (χ1v) is 7.03. The number of hydrogen-bond acceptors (Lipinski definition) is 2. The summed E-state index contributed by atoms with van der Waals surface area (Å²) >= 11 is 1.78. The summed E-state index contributed by atoms with van der Waals surface area (Å²) in [6, 6.07) is 15.3. The summed E-state index contributed by atoms with van der Waals surface area (Å²) in [7, 11) is 0. The fourth-order valence-electron chi connectivity index (χ4n) is 1.78. The molecule has 0 heterocycles. The van der Waals surface area contributed by atoms with Crippen molar-refractivity contribution in [2.24, 2.45) is 5.73 Å². The molecule has 1 nitrogen and oxygen atoms in total. The van der Waals surface area contributed by atoms with Gasteiger partial charge in [-0.25, -0.2) is 4.39 Å². The molecule has 0 aliphatic carbocycles. The largest absolute Gasteiger partial charge is 0.326 e. The molecule has 2 aromatic carbocycles. The van der Waals surface area contributed by atoms with E-state index < -0.39 is 0 Å². The van der Waals surface area contributed by atoms with E-state index >= 15 is 0 Å². The monoisotopic (exact) mass is 261 g/mol. The smallest absolute Gasteiger partial charge is 0.123 e. The van der Waals surface area contributed by atoms with Crippen LogP contribution in [0.5, 0.6) is 0 Å². The Morgan fingerprint density at radius 2 is 1.56 bits per heavy atom. The van der Waals surface area contributed by atoms with Crippen LogP contribution in [0.2, 0.25) is 0 Å². The zero-order valence-corrected chi connectivity index (χ0v) is 10.9. The molecule has 0 spiro atoms. The summed E-state index contributed by atoms with van der Waals surface area (Å²) in [5.74, 6) is 1.54. The van der Waals surface area contributed by atoms with Crippen molar-refractivity contribution < 1.29 is 4.39 Å². The molecule has 0 aromatic heterocycles. The first-order valence-electron chi connectivity index (χ1n) is 5.88. The van der Waals surface area contributed by atoms with Gasteiger partial charge in [0.15, 0.2) is 0 Å². The third-order valence-corrected chi connectivity index (χ3v) is 3.71. The maximum Gasteiger partial charge on any atom is 0.123 e. The Hall–Kier alpha value is -1.32. The second-order valence-electron chi connectivity index (χ2n) is 4.15. The minimum absolute atomic E-state index is 0.201. The van der Waals surface area contributed by atoms with Crippen molar-refractivity contribution in [2.45, 2.75) is 18.1 Å². The summed E-state index contributed by atoms with van der Waals surface area (Å²) in [5.41, 5.74) is 8.67. The van der Waals surface area contributed by atoms with Gasteiger partial charge >= 0.3 is 0 Å². The van der Waals surface area contributed by atoms with E-state index in [1.807, 2.05) is 24.3 Å². The van der Waals surface area contributed by atoms with Gasteiger partial charge in [0, 0.05) is 18.1 Å². The van der Waals surface area contributed by atoms with Crippen LogP contribution in [-0.4, -0.2) is 0 Å². The molecule has 18 heavy (non-hydrogen) atoms. The van der Waals surface area contributed by atoms with Crippen molar-refractivity contribution in [3.63, 3.8) is 0 Å². The van der Waals surface area contributed by atoms with Crippen molar-refractivity contribution in [1.29, 1.82) is 0 Å². The van der Waals surface area contributed by atoms with Crippen molar-refractivity contribution in [3.05, 3.63) is 71.0 Å². The van der Waals surface area contributed by atoms with E-state index in [0.29, 0.717) is 6.54 Å². The molecule has 0 fully saturated rings. The summed E-state index contributed by atoms with van der Waals surface area (Å²) in [6.45, 7) is 0.383. The van der Waals surface area contributed by atoms with Crippen LogP contribution in [0.1, 0.15) is 16.7 Å². The van der Waals surface area contributed by atoms with Crippen molar-refractivity contribution in [2.75, 3.05) is 0 Å². The van der Waals surface area contributed by atoms with E-state index in [4.69, 9.17) is 5.73 Å². The first kappa shape index (κ1) is 13.1. The molecular weight excluding hydrogens is 245 g/mol. The standard InChI is InChI=1S/C15H16FNS/c16-15-7-13(9-17)6-14(8-15)11-18-10-12-4-2-1-3-5-12/h1-8H,9-11,17H2. The van der Waals surface area contributed by atoms with Crippen molar-refractivity contribution >= 4 is 11.8 Å². The molecule has 94 valence electrons. The van der Waals surface area contributed by atoms with Crippen LogP contribution < -0.4 is 5.73 Å². The van der Waals surface area contributed by atoms with Crippen LogP contribution in [0.4, 0.5) is 4.39 Å². The normalized spacial score (nSPS) is 10.6. The predicted molar refractivity (Wildman–Crippen MR) is 75.7 cm³/mol. The zero-order valence-electron chi connectivity index (χ0n) is 10.1. The van der Waals surface area contributed by atoms with Crippen LogP contribution in [0.15, 0.2) is 48.5 Å². The number of halogens is 1. The fraction of sp³-hybridized carbons (Fsp3) is 0.200. The number of nitrogens with two attached hydrogens (primary N) is 1. The molecule has 0 saturated carbocycles. The minimum Gasteiger partial charge on any atom is -0.326 e. The molecule has 0 amide bonds. The van der Waals surface area contributed by atoms with E-state index in [-0.39, 0.29) is 5.82 Å². The Kier molecular flexibility index (Phi) is 4.79. The Labute approximate surface area is 111 Å². The topological polar surface area (TPSA) is 26.0 Å². The van der Waals surface area contributed by atoms with Gasteiger partial charge in [-0.15, -0.1) is 0 Å². The summed E-state index contributed by atoms with van der Waals surface area (Å²) in [5, 5.41) is 0. The predicted octanol–water partition coefficient (Wildman–Crippen LogP) is 3.72. The number of rotatable bonds is 5. The molecule has 2 N–H and O–H groups in total. The molecular formula is C15H16FNS. The fourth-order valence-corrected chi connectivity index (χ4v) is 2.71. The van der Waals surface area contributed by atoms with Crippen LogP contribution in [0.25, 0.3) is 0 Å². The molecule has 0 atom stereocenters. The average Bonchev–Trinajstić information content (AvgIpc) is 2.39. The van der Waals surface area contributed by atoms with Gasteiger partial charge in [-0.2, -0.15) is 11.8 Å². The van der Waals surface area contributed by atoms with Crippen LogP contribution in [0, 0.1) is 5.82 Å². The highest BCUT2D eigenvalue weighted by Gasteiger charge is 2.01. The van der Waals surface area contributed by atoms with Gasteiger partial charge in [0.05, 0.1) is 0 Å². The number of thioether (sulfide) groups is 1. The van der Waals surface area contributed by atoms with Gasteiger partial charge in [0.1, 0.15) is 5.82 Å². The minimum atomic E-state index is -0.201. The molecule has 3 heteroatoms. The lowest BCUT2D eigenvalue weighted by Crippen LogP contribution is -1.98. The third-order valence-electron chi connectivity index (χ3n) is 2.63. The van der Waals surface area contributed by atoms with Gasteiger partial charge < -0.3 is 5.73 Å². The van der Waals surface area contributed by atoms with E-state index in [9.17, 15) is 4.39 Å². The van der Waals surface area contributed by atoms with Gasteiger partial charge in [-0.05, 0) is 28.8 Å². The lowest BCUT2D eigenvalue weighted by Gasteiger charge is -2.05. The first-order chi connectivity index (χ1) is 8.78. The molecule has 2 rings (SSSR count). The lowest BCUT2D eigenvalue weighted by atomic mass is 10.1. The SMILES string of the molecule is NCc1cc(F)cc(CSCc2ccccc2)c1. The Morgan fingerprint density at radius 3 is 2.28 bits per heavy atom. The van der Waals surface area contributed by atoms with Crippen molar-refractivity contribution in [1.82, 2.24) is 0 Å². The molecule has 0 unspecified atom stereocenters. The Balaban J connectivity index is 1.92. The second-order valence-corrected chi connectivity index (χ2v) is 5.14. The lowest BCUT2D eigenvalue weighted by molar-refractivity contribution is 0.624. The molecule has 0 bridgehead atoms. The van der Waals surface area contributed by atoms with Crippen LogP contribution in [0.3, 0.4) is 0 Å². The third kappa shape index (κ3) is 3.86. The molecule has 0 saturated heterocycles. The molecule has 0 radical (unpaired) electrons. The van der Waals surface area contributed by atoms with Crippen LogP contribution >= 0.6 is 11.8 Å². The van der Waals surface area contributed by atoms with E-state index in [1.165, 1.54) is 11.6 Å². The van der Waals surface area contributed by atoms with E-state index in [0.717, 1.165) is 22.6 Å². The summed E-state index contributed by atoms with van der Waals surface area (Å²) < 4.78 is 13.3. The average molecular weight is 261 g/mol. The zero-order chi connectivity index (χ0) is 12.8.